The Labute approximate surface area is 118 Å². The zero-order valence-electron chi connectivity index (χ0n) is 12.0. The molecule has 0 aliphatic heterocycles. The molecule has 0 saturated carbocycles. The van der Waals surface area contributed by atoms with Gasteiger partial charge >= 0.3 is 0 Å². The van der Waals surface area contributed by atoms with Gasteiger partial charge in [-0.15, -0.1) is 0 Å². The summed E-state index contributed by atoms with van der Waals surface area (Å²) in [6, 6.07) is 1.92. The first kappa shape index (κ1) is 14.0. The van der Waals surface area contributed by atoms with Crippen LogP contribution in [0.15, 0.2) is 18.5 Å². The summed E-state index contributed by atoms with van der Waals surface area (Å²) in [5, 5.41) is 7.10. The topological polar surface area (TPSA) is 85.8 Å². The molecule has 20 heavy (non-hydrogen) atoms. The van der Waals surface area contributed by atoms with Gasteiger partial charge in [0, 0.05) is 18.9 Å². The molecule has 106 valence electrons. The van der Waals surface area contributed by atoms with E-state index in [4.69, 9.17) is 5.73 Å². The third kappa shape index (κ3) is 2.96. The fourth-order valence-corrected chi connectivity index (χ4v) is 1.93. The van der Waals surface area contributed by atoms with Crippen molar-refractivity contribution >= 4 is 11.6 Å². The SMILES string of the molecule is Cc1ccncc1CNC(=O)Cn1nc(C)c(N)c1C. The Hall–Kier alpha value is -2.37. The summed E-state index contributed by atoms with van der Waals surface area (Å²) in [6.45, 7) is 6.31. The second kappa shape index (κ2) is 5.73. The Morgan fingerprint density at radius 3 is 2.75 bits per heavy atom. The van der Waals surface area contributed by atoms with Crippen molar-refractivity contribution in [1.29, 1.82) is 0 Å². The van der Waals surface area contributed by atoms with Gasteiger partial charge in [-0.2, -0.15) is 5.10 Å². The largest absolute Gasteiger partial charge is 0.396 e. The fourth-order valence-electron chi connectivity index (χ4n) is 1.93. The minimum Gasteiger partial charge on any atom is -0.396 e. The van der Waals surface area contributed by atoms with Gasteiger partial charge < -0.3 is 11.1 Å². The third-order valence-corrected chi connectivity index (χ3v) is 3.35. The molecule has 0 aliphatic carbocycles. The van der Waals surface area contributed by atoms with Crippen LogP contribution in [-0.4, -0.2) is 20.7 Å². The minimum atomic E-state index is -0.0983. The summed E-state index contributed by atoms with van der Waals surface area (Å²) < 4.78 is 1.62. The van der Waals surface area contributed by atoms with Gasteiger partial charge in [-0.25, -0.2) is 0 Å². The van der Waals surface area contributed by atoms with E-state index in [0.29, 0.717) is 12.2 Å². The summed E-state index contributed by atoms with van der Waals surface area (Å²) in [5.41, 5.74) is 10.2. The van der Waals surface area contributed by atoms with Gasteiger partial charge in [-0.3, -0.25) is 14.5 Å². The van der Waals surface area contributed by atoms with Crippen LogP contribution in [0.5, 0.6) is 0 Å². The Balaban J connectivity index is 1.96. The monoisotopic (exact) mass is 273 g/mol. The molecule has 6 nitrogen and oxygen atoms in total. The zero-order chi connectivity index (χ0) is 14.7. The van der Waals surface area contributed by atoms with Crippen LogP contribution >= 0.6 is 0 Å². The van der Waals surface area contributed by atoms with Crippen molar-refractivity contribution in [3.05, 3.63) is 41.0 Å². The van der Waals surface area contributed by atoms with Crippen molar-refractivity contribution in [2.75, 3.05) is 5.73 Å². The number of carbonyl (C=O) groups excluding carboxylic acids is 1. The van der Waals surface area contributed by atoms with Crippen molar-refractivity contribution < 1.29 is 4.79 Å². The molecule has 6 heteroatoms. The van der Waals surface area contributed by atoms with Crippen LogP contribution in [0.3, 0.4) is 0 Å². The highest BCUT2D eigenvalue weighted by molar-refractivity contribution is 5.76. The second-order valence-electron chi connectivity index (χ2n) is 4.82. The average Bonchev–Trinajstić information content (AvgIpc) is 2.65. The molecule has 2 rings (SSSR count). The van der Waals surface area contributed by atoms with Gasteiger partial charge in [0.25, 0.3) is 0 Å². The molecule has 2 aromatic heterocycles. The quantitative estimate of drug-likeness (QED) is 0.873. The number of anilines is 1. The highest BCUT2D eigenvalue weighted by Crippen LogP contribution is 2.14. The summed E-state index contributed by atoms with van der Waals surface area (Å²) in [4.78, 5) is 16.0. The van der Waals surface area contributed by atoms with Crippen molar-refractivity contribution in [3.8, 4) is 0 Å². The number of nitrogens with zero attached hydrogens (tertiary/aromatic N) is 3. The smallest absolute Gasteiger partial charge is 0.242 e. The molecule has 3 N–H and O–H groups in total. The molecule has 0 aliphatic rings. The van der Waals surface area contributed by atoms with E-state index in [2.05, 4.69) is 15.4 Å². The summed E-state index contributed by atoms with van der Waals surface area (Å²) in [6.07, 6.45) is 3.50. The molecule has 2 aromatic rings. The van der Waals surface area contributed by atoms with Crippen molar-refractivity contribution in [1.82, 2.24) is 20.1 Å². The van der Waals surface area contributed by atoms with E-state index in [9.17, 15) is 4.79 Å². The number of hydrogen-bond donors (Lipinski definition) is 2. The number of rotatable bonds is 4. The summed E-state index contributed by atoms with van der Waals surface area (Å²) in [7, 11) is 0. The summed E-state index contributed by atoms with van der Waals surface area (Å²) >= 11 is 0. The molecular weight excluding hydrogens is 254 g/mol. The van der Waals surface area contributed by atoms with E-state index in [-0.39, 0.29) is 12.5 Å². The van der Waals surface area contributed by atoms with Gasteiger partial charge in [0.15, 0.2) is 0 Å². The maximum Gasteiger partial charge on any atom is 0.242 e. The van der Waals surface area contributed by atoms with E-state index in [0.717, 1.165) is 22.5 Å². The lowest BCUT2D eigenvalue weighted by atomic mass is 10.1. The molecule has 0 bridgehead atoms. The fraction of sp³-hybridized carbons (Fsp3) is 0.357. The second-order valence-corrected chi connectivity index (χ2v) is 4.82. The first-order valence-corrected chi connectivity index (χ1v) is 6.44. The number of nitrogens with one attached hydrogen (secondary N) is 1. The first-order valence-electron chi connectivity index (χ1n) is 6.44. The molecule has 0 unspecified atom stereocenters. The molecule has 0 aromatic carbocycles. The third-order valence-electron chi connectivity index (χ3n) is 3.35. The Bertz CT molecular complexity index is 632. The molecule has 0 radical (unpaired) electrons. The van der Waals surface area contributed by atoms with Crippen LogP contribution in [-0.2, 0) is 17.9 Å². The maximum atomic E-state index is 11.9. The minimum absolute atomic E-state index is 0.0983. The predicted molar refractivity (Wildman–Crippen MR) is 76.9 cm³/mol. The van der Waals surface area contributed by atoms with Gasteiger partial charge in [-0.05, 0) is 38.0 Å². The van der Waals surface area contributed by atoms with E-state index in [1.807, 2.05) is 26.8 Å². The number of aryl methyl sites for hydroxylation is 2. The number of aromatic nitrogens is 3. The van der Waals surface area contributed by atoms with Crippen LogP contribution in [0, 0.1) is 20.8 Å². The lowest BCUT2D eigenvalue weighted by Crippen LogP contribution is -2.28. The first-order chi connectivity index (χ1) is 9.49. The molecule has 0 atom stereocenters. The van der Waals surface area contributed by atoms with Gasteiger partial charge in [0.2, 0.25) is 5.91 Å². The number of carbonyl (C=O) groups is 1. The Kier molecular flexibility index (Phi) is 4.02. The van der Waals surface area contributed by atoms with E-state index in [1.165, 1.54) is 0 Å². The Morgan fingerprint density at radius 2 is 2.15 bits per heavy atom. The van der Waals surface area contributed by atoms with Crippen molar-refractivity contribution in [2.45, 2.75) is 33.9 Å². The van der Waals surface area contributed by atoms with E-state index < -0.39 is 0 Å². The molecule has 0 fully saturated rings. The van der Waals surface area contributed by atoms with Crippen LogP contribution in [0.2, 0.25) is 0 Å². The van der Waals surface area contributed by atoms with Crippen LogP contribution < -0.4 is 11.1 Å². The molecule has 2 heterocycles. The number of amides is 1. The average molecular weight is 273 g/mol. The standard InChI is InChI=1S/C14H19N5O/c1-9-4-5-16-6-12(9)7-17-13(20)8-19-11(3)14(15)10(2)18-19/h4-6H,7-8,15H2,1-3H3,(H,17,20). The molecule has 0 saturated heterocycles. The Morgan fingerprint density at radius 1 is 1.40 bits per heavy atom. The number of nitrogen functional groups attached to an aromatic ring is 1. The molecular formula is C14H19N5O. The number of hydrogen-bond acceptors (Lipinski definition) is 4. The summed E-state index contributed by atoms with van der Waals surface area (Å²) in [5.74, 6) is -0.0983. The highest BCUT2D eigenvalue weighted by atomic mass is 16.2. The zero-order valence-corrected chi connectivity index (χ0v) is 12.0. The lowest BCUT2D eigenvalue weighted by molar-refractivity contribution is -0.122. The van der Waals surface area contributed by atoms with Gasteiger partial charge in [-0.1, -0.05) is 0 Å². The van der Waals surface area contributed by atoms with Gasteiger partial charge in [0.1, 0.15) is 6.54 Å². The lowest BCUT2D eigenvalue weighted by Gasteiger charge is -2.08. The molecule has 1 amide bonds. The van der Waals surface area contributed by atoms with Crippen molar-refractivity contribution in [3.63, 3.8) is 0 Å². The van der Waals surface area contributed by atoms with E-state index >= 15 is 0 Å². The van der Waals surface area contributed by atoms with Crippen LogP contribution in [0.1, 0.15) is 22.5 Å². The number of nitrogens with two attached hydrogens (primary N) is 1. The maximum absolute atomic E-state index is 11.9. The predicted octanol–water partition coefficient (Wildman–Crippen LogP) is 1.10. The van der Waals surface area contributed by atoms with E-state index in [1.54, 1.807) is 17.1 Å². The van der Waals surface area contributed by atoms with Crippen LogP contribution in [0.4, 0.5) is 5.69 Å². The van der Waals surface area contributed by atoms with Crippen LogP contribution in [0.25, 0.3) is 0 Å². The van der Waals surface area contributed by atoms with Crippen molar-refractivity contribution in [2.24, 2.45) is 0 Å². The highest BCUT2D eigenvalue weighted by Gasteiger charge is 2.11. The molecule has 0 spiro atoms. The van der Waals surface area contributed by atoms with Gasteiger partial charge in [0.05, 0.1) is 17.1 Å². The number of pyridine rings is 1. The normalized spacial score (nSPS) is 10.6.